The minimum atomic E-state index is -3.19. The third-order valence-corrected chi connectivity index (χ3v) is 10.7. The zero-order valence-electron chi connectivity index (χ0n) is 22.2. The van der Waals surface area contributed by atoms with Crippen LogP contribution in [0.15, 0.2) is 6.20 Å². The number of thioether (sulfide) groups is 1. The average molecular weight is 567 g/mol. The lowest BCUT2D eigenvalue weighted by atomic mass is 10.1. The fourth-order valence-electron chi connectivity index (χ4n) is 5.31. The first-order valence-electron chi connectivity index (χ1n) is 13.1. The zero-order valence-corrected chi connectivity index (χ0v) is 23.9. The molecule has 0 radical (unpaired) electrons. The third kappa shape index (κ3) is 5.72. The van der Waals surface area contributed by atoms with E-state index >= 15 is 0 Å². The van der Waals surface area contributed by atoms with Gasteiger partial charge in [0.2, 0.25) is 5.82 Å². The van der Waals surface area contributed by atoms with Crippen LogP contribution in [-0.2, 0) is 27.8 Å². The average Bonchev–Trinajstić information content (AvgIpc) is 3.64. The van der Waals surface area contributed by atoms with Gasteiger partial charge >= 0.3 is 7.60 Å². The van der Waals surface area contributed by atoms with Crippen LogP contribution < -0.4 is 5.32 Å². The fraction of sp³-hybridized carbons (Fsp3) is 0.750. The highest BCUT2D eigenvalue weighted by molar-refractivity contribution is 8.04. The Morgan fingerprint density at radius 1 is 1.21 bits per heavy atom. The molecule has 2 aromatic heterocycles. The van der Waals surface area contributed by atoms with Crippen molar-refractivity contribution in [1.29, 1.82) is 5.26 Å². The van der Waals surface area contributed by atoms with Crippen LogP contribution >= 0.6 is 19.4 Å². The molecule has 4 atom stereocenters. The smallest absolute Gasteiger partial charge is 0.340 e. The summed E-state index contributed by atoms with van der Waals surface area (Å²) < 4.78 is 44.3. The quantitative estimate of drug-likeness (QED) is 0.384. The van der Waals surface area contributed by atoms with E-state index in [1.165, 1.54) is 24.6 Å². The molecule has 4 heterocycles. The number of nitrogens with one attached hydrogen (secondary N) is 1. The van der Waals surface area contributed by atoms with Crippen LogP contribution in [0.1, 0.15) is 65.4 Å². The summed E-state index contributed by atoms with van der Waals surface area (Å²) in [6, 6.07) is 2.38. The number of nitriles is 1. The molecule has 5 rings (SSSR count). The predicted molar refractivity (Wildman–Crippen MR) is 142 cm³/mol. The normalized spacial score (nSPS) is 27.1. The van der Waals surface area contributed by atoms with Gasteiger partial charge in [-0.15, -0.1) is 11.8 Å². The van der Waals surface area contributed by atoms with Crippen LogP contribution in [0.5, 0.6) is 0 Å². The molecule has 14 heteroatoms. The maximum absolute atomic E-state index is 12.9. The van der Waals surface area contributed by atoms with Gasteiger partial charge in [-0.2, -0.15) is 15.3 Å². The van der Waals surface area contributed by atoms with E-state index in [-0.39, 0.29) is 23.5 Å². The number of aromatic nitrogens is 4. The molecule has 1 N–H and O–H groups in total. The number of rotatable bonds is 11. The van der Waals surface area contributed by atoms with Crippen LogP contribution in [0.25, 0.3) is 11.0 Å². The Balaban J connectivity index is 1.39. The maximum atomic E-state index is 12.9. The molecule has 0 spiro atoms. The van der Waals surface area contributed by atoms with Crippen molar-refractivity contribution in [3.05, 3.63) is 12.0 Å². The monoisotopic (exact) mass is 566 g/mol. The van der Waals surface area contributed by atoms with Gasteiger partial charge in [-0.25, -0.2) is 9.67 Å². The summed E-state index contributed by atoms with van der Waals surface area (Å²) in [6.07, 6.45) is 4.38. The van der Waals surface area contributed by atoms with Crippen molar-refractivity contribution >= 4 is 36.2 Å². The Kier molecular flexibility index (Phi) is 8.31. The van der Waals surface area contributed by atoms with E-state index in [2.05, 4.69) is 26.5 Å². The Morgan fingerprint density at radius 2 is 1.92 bits per heavy atom. The highest BCUT2D eigenvalue weighted by Crippen LogP contribution is 2.52. The van der Waals surface area contributed by atoms with E-state index in [1.807, 2.05) is 13.8 Å². The van der Waals surface area contributed by atoms with Crippen molar-refractivity contribution in [1.82, 2.24) is 19.7 Å². The molecule has 0 aromatic carbocycles. The first-order valence-corrected chi connectivity index (χ1v) is 16.0. The zero-order chi connectivity index (χ0) is 26.9. The second kappa shape index (κ2) is 11.4. The lowest BCUT2D eigenvalue weighted by Gasteiger charge is -2.24. The van der Waals surface area contributed by atoms with Crippen molar-refractivity contribution in [3.8, 4) is 6.07 Å². The number of nitrogens with zero attached hydrogens (tertiary/aromatic N) is 5. The molecule has 3 fully saturated rings. The standard InChI is InChI=1S/C24H35N6O6PS/c1-5-32-37(31,33-6-2)14-38-13-17-19-20(36-24(3,4)35-19)23(34-17)30-22-16(12-26-30)21(28-18(11-25)29-22)27-15-9-7-8-10-15/h12,15,17,19-20,23H,5-10,13-14H2,1-4H3,(H,27,28,29)/t17?,19-,20-,23-/m1/s1. The molecule has 0 bridgehead atoms. The molecule has 2 saturated heterocycles. The molecule has 1 unspecified atom stereocenters. The molecule has 38 heavy (non-hydrogen) atoms. The number of fused-ring (bicyclic) bond motifs is 2. The van der Waals surface area contributed by atoms with Gasteiger partial charge in [-0.3, -0.25) is 4.57 Å². The Labute approximate surface area is 226 Å². The SMILES string of the molecule is CCOP(=O)(CSCC1O[C@@H](n2ncc3c(NC4CCCC4)nc(C#N)nc32)[C@@H]2OC(C)(C)O[C@H]12)OCC. The van der Waals surface area contributed by atoms with Gasteiger partial charge < -0.3 is 28.6 Å². The van der Waals surface area contributed by atoms with Crippen molar-refractivity contribution in [2.24, 2.45) is 0 Å². The largest absolute Gasteiger partial charge is 0.367 e. The summed E-state index contributed by atoms with van der Waals surface area (Å²) in [5.41, 5.74) is 0.708. The van der Waals surface area contributed by atoms with Crippen LogP contribution in [0, 0.1) is 11.3 Å². The summed E-state index contributed by atoms with van der Waals surface area (Å²) >= 11 is 1.43. The first-order chi connectivity index (χ1) is 18.3. The van der Waals surface area contributed by atoms with Gasteiger partial charge in [0.15, 0.2) is 17.7 Å². The summed E-state index contributed by atoms with van der Waals surface area (Å²) in [5, 5.41) is 18.4. The lowest BCUT2D eigenvalue weighted by molar-refractivity contribution is -0.195. The Bertz CT molecular complexity index is 1220. The molecular formula is C24H35N6O6PS. The van der Waals surface area contributed by atoms with E-state index in [1.54, 1.807) is 24.7 Å². The Morgan fingerprint density at radius 3 is 2.61 bits per heavy atom. The van der Waals surface area contributed by atoms with Crippen LogP contribution in [-0.4, -0.2) is 74.3 Å². The van der Waals surface area contributed by atoms with Crippen LogP contribution in [0.2, 0.25) is 0 Å². The number of ether oxygens (including phenoxy) is 3. The van der Waals surface area contributed by atoms with Gasteiger partial charge in [0.1, 0.15) is 24.1 Å². The molecular weight excluding hydrogens is 531 g/mol. The van der Waals surface area contributed by atoms with Crippen molar-refractivity contribution in [2.75, 3.05) is 29.8 Å². The fourth-order valence-corrected chi connectivity index (χ4v) is 8.59. The summed E-state index contributed by atoms with van der Waals surface area (Å²) in [4.78, 5) is 8.92. The van der Waals surface area contributed by atoms with Crippen LogP contribution in [0.4, 0.5) is 5.82 Å². The molecule has 0 amide bonds. The predicted octanol–water partition coefficient (Wildman–Crippen LogP) is 4.43. The topological polar surface area (TPSA) is 143 Å². The summed E-state index contributed by atoms with van der Waals surface area (Å²) in [5.74, 6) is 0.357. The van der Waals surface area contributed by atoms with Gasteiger partial charge in [-0.1, -0.05) is 12.8 Å². The van der Waals surface area contributed by atoms with E-state index in [0.29, 0.717) is 36.5 Å². The Hall–Kier alpha value is -1.78. The third-order valence-electron chi connectivity index (χ3n) is 6.80. The van der Waals surface area contributed by atoms with Gasteiger partial charge in [0.05, 0.1) is 36.4 Å². The summed E-state index contributed by atoms with van der Waals surface area (Å²) in [7, 11) is -3.19. The lowest BCUT2D eigenvalue weighted by Crippen LogP contribution is -2.31. The van der Waals surface area contributed by atoms with E-state index < -0.39 is 25.7 Å². The minimum absolute atomic E-state index is 0.0629. The second-order valence-electron chi connectivity index (χ2n) is 10.0. The second-order valence-corrected chi connectivity index (χ2v) is 13.5. The highest BCUT2D eigenvalue weighted by atomic mass is 32.2. The highest BCUT2D eigenvalue weighted by Gasteiger charge is 2.56. The molecule has 208 valence electrons. The van der Waals surface area contributed by atoms with Gasteiger partial charge in [-0.05, 0) is 40.5 Å². The molecule has 2 aliphatic heterocycles. The van der Waals surface area contributed by atoms with Gasteiger partial charge in [0, 0.05) is 11.8 Å². The van der Waals surface area contributed by atoms with Gasteiger partial charge in [0.25, 0.3) is 0 Å². The number of hydrogen-bond acceptors (Lipinski definition) is 12. The van der Waals surface area contributed by atoms with Crippen molar-refractivity contribution in [2.45, 2.75) is 89.7 Å². The molecule has 2 aromatic rings. The van der Waals surface area contributed by atoms with Crippen LogP contribution in [0.3, 0.4) is 0 Å². The molecule has 3 aliphatic rings. The number of hydrogen-bond donors (Lipinski definition) is 1. The minimum Gasteiger partial charge on any atom is -0.367 e. The summed E-state index contributed by atoms with van der Waals surface area (Å²) in [6.45, 7) is 7.94. The van der Waals surface area contributed by atoms with E-state index in [4.69, 9.17) is 23.3 Å². The van der Waals surface area contributed by atoms with Crippen molar-refractivity contribution in [3.63, 3.8) is 0 Å². The maximum Gasteiger partial charge on any atom is 0.340 e. The number of anilines is 1. The van der Waals surface area contributed by atoms with Crippen molar-refractivity contribution < 1.29 is 27.8 Å². The molecule has 1 saturated carbocycles. The van der Waals surface area contributed by atoms with E-state index in [0.717, 1.165) is 18.2 Å². The first kappa shape index (κ1) is 27.8. The molecule has 1 aliphatic carbocycles. The molecule has 12 nitrogen and oxygen atoms in total. The van der Waals surface area contributed by atoms with E-state index in [9.17, 15) is 9.83 Å².